The second-order valence-electron chi connectivity index (χ2n) is 7.26. The van der Waals surface area contributed by atoms with Crippen molar-refractivity contribution in [2.75, 3.05) is 4.78 Å². The van der Waals surface area contributed by atoms with Crippen molar-refractivity contribution in [3.8, 4) is 5.75 Å². The van der Waals surface area contributed by atoms with Crippen LogP contribution in [0.1, 0.15) is 16.8 Å². The zero-order chi connectivity index (χ0) is 21.1. The molecule has 0 N–H and O–H groups in total. The van der Waals surface area contributed by atoms with Crippen molar-refractivity contribution in [3.05, 3.63) is 132 Å². The fourth-order valence-corrected chi connectivity index (χ4v) is 6.35. The molecular weight excluding hydrogens is 403 g/mol. The number of hydrazone groups is 1. The molecule has 0 aromatic heterocycles. The summed E-state index contributed by atoms with van der Waals surface area (Å²) in [6, 6.07) is 38.6. The van der Waals surface area contributed by atoms with Crippen LogP contribution in [0.2, 0.25) is 0 Å². The molecule has 0 radical (unpaired) electrons. The summed E-state index contributed by atoms with van der Waals surface area (Å²) >= 11 is 0. The van der Waals surface area contributed by atoms with Crippen molar-refractivity contribution in [2.24, 2.45) is 5.10 Å². The van der Waals surface area contributed by atoms with E-state index in [0.717, 1.165) is 22.5 Å². The van der Waals surface area contributed by atoms with Gasteiger partial charge in [0.05, 0.1) is 11.4 Å². The smallest absolute Gasteiger partial charge is 0.377 e. The number of anilines is 1. The van der Waals surface area contributed by atoms with Gasteiger partial charge < -0.3 is 4.52 Å². The maximum Gasteiger partial charge on any atom is 0.377 e. The summed E-state index contributed by atoms with van der Waals surface area (Å²) in [6.45, 7) is 0. The van der Waals surface area contributed by atoms with Gasteiger partial charge in [-0.15, -0.1) is 0 Å². The van der Waals surface area contributed by atoms with Gasteiger partial charge in [0.2, 0.25) is 0 Å². The van der Waals surface area contributed by atoms with Gasteiger partial charge in [-0.05, 0) is 35.4 Å². The minimum atomic E-state index is -3.55. The van der Waals surface area contributed by atoms with Crippen molar-refractivity contribution < 1.29 is 9.09 Å². The number of para-hydroxylation sites is 2. The van der Waals surface area contributed by atoms with Gasteiger partial charge in [0.1, 0.15) is 11.4 Å². The van der Waals surface area contributed by atoms with Crippen LogP contribution in [0.5, 0.6) is 5.75 Å². The van der Waals surface area contributed by atoms with Gasteiger partial charge in [0.25, 0.3) is 0 Å². The zero-order valence-corrected chi connectivity index (χ0v) is 17.7. The number of rotatable bonds is 5. The van der Waals surface area contributed by atoms with E-state index < -0.39 is 13.2 Å². The summed E-state index contributed by atoms with van der Waals surface area (Å²) in [5.74, 6) is 0.553. The maximum absolute atomic E-state index is 14.8. The monoisotopic (exact) mass is 424 g/mol. The van der Waals surface area contributed by atoms with Crippen LogP contribution < -0.4 is 9.30 Å². The van der Waals surface area contributed by atoms with Crippen LogP contribution in [-0.2, 0) is 4.57 Å². The third kappa shape index (κ3) is 3.67. The molecule has 1 heterocycles. The van der Waals surface area contributed by atoms with Gasteiger partial charge in [0, 0.05) is 0 Å². The van der Waals surface area contributed by atoms with Crippen LogP contribution in [0.4, 0.5) is 5.69 Å². The van der Waals surface area contributed by atoms with Crippen molar-refractivity contribution in [3.63, 3.8) is 0 Å². The maximum atomic E-state index is 14.8. The molecule has 0 spiro atoms. The van der Waals surface area contributed by atoms with Crippen molar-refractivity contribution in [2.45, 2.75) is 5.66 Å². The largest absolute Gasteiger partial charge is 0.427 e. The summed E-state index contributed by atoms with van der Waals surface area (Å²) in [6.07, 6.45) is 0. The summed E-state index contributed by atoms with van der Waals surface area (Å²) in [7, 11) is -3.55. The lowest BCUT2D eigenvalue weighted by Gasteiger charge is -2.28. The predicted molar refractivity (Wildman–Crippen MR) is 126 cm³/mol. The minimum absolute atomic E-state index is 0.531. The second kappa shape index (κ2) is 8.25. The Kier molecular flexibility index (Phi) is 5.15. The molecular formula is C26H21N2O2P. The van der Waals surface area contributed by atoms with Gasteiger partial charge in [-0.25, -0.2) is 0 Å². The molecule has 0 amide bonds. The average molecular weight is 424 g/mol. The first-order valence-corrected chi connectivity index (χ1v) is 11.8. The lowest BCUT2D eigenvalue weighted by Crippen LogP contribution is -2.17. The van der Waals surface area contributed by atoms with Crippen LogP contribution in [0, 0.1) is 0 Å². The van der Waals surface area contributed by atoms with E-state index in [0.29, 0.717) is 5.75 Å². The Morgan fingerprint density at radius 2 is 1.19 bits per heavy atom. The van der Waals surface area contributed by atoms with E-state index in [1.807, 2.05) is 121 Å². The van der Waals surface area contributed by atoms with Crippen LogP contribution in [0.15, 0.2) is 126 Å². The molecule has 4 aromatic rings. The molecule has 5 rings (SSSR count). The number of hydrogen-bond donors (Lipinski definition) is 0. The molecule has 31 heavy (non-hydrogen) atoms. The Bertz CT molecular complexity index is 1230. The van der Waals surface area contributed by atoms with E-state index in [9.17, 15) is 4.57 Å². The molecule has 4 nitrogen and oxygen atoms in total. The molecule has 1 aliphatic heterocycles. The minimum Gasteiger partial charge on any atom is -0.427 e. The first-order chi connectivity index (χ1) is 15.3. The molecule has 0 saturated heterocycles. The fraction of sp³-hybridized carbons (Fsp3) is 0.0385. The molecule has 0 saturated carbocycles. The highest BCUT2D eigenvalue weighted by Crippen LogP contribution is 2.68. The third-order valence-corrected chi connectivity index (χ3v) is 7.72. The van der Waals surface area contributed by atoms with Crippen LogP contribution in [0.3, 0.4) is 0 Å². The van der Waals surface area contributed by atoms with Gasteiger partial charge in [0.15, 0.2) is 0 Å². The van der Waals surface area contributed by atoms with Gasteiger partial charge in [-0.1, -0.05) is 97.1 Å². The fourth-order valence-electron chi connectivity index (χ4n) is 3.79. The topological polar surface area (TPSA) is 41.9 Å². The molecule has 4 aromatic carbocycles. The highest BCUT2D eigenvalue weighted by molar-refractivity contribution is 7.63. The Labute approximate surface area is 181 Å². The lowest BCUT2D eigenvalue weighted by atomic mass is 10.0. The molecule has 0 fully saturated rings. The highest BCUT2D eigenvalue weighted by Gasteiger charge is 2.52. The molecule has 2 atom stereocenters. The van der Waals surface area contributed by atoms with E-state index in [4.69, 9.17) is 9.63 Å². The van der Waals surface area contributed by atoms with Crippen molar-refractivity contribution in [1.29, 1.82) is 0 Å². The van der Waals surface area contributed by atoms with Crippen LogP contribution in [0.25, 0.3) is 0 Å². The van der Waals surface area contributed by atoms with Crippen molar-refractivity contribution in [1.82, 2.24) is 0 Å². The van der Waals surface area contributed by atoms with E-state index in [2.05, 4.69) is 0 Å². The number of hydrogen-bond acceptors (Lipinski definition) is 3. The second-order valence-corrected chi connectivity index (χ2v) is 9.46. The number of nitrogens with zero attached hydrogens (tertiary/aromatic N) is 2. The third-order valence-electron chi connectivity index (χ3n) is 5.20. The lowest BCUT2D eigenvalue weighted by molar-refractivity contribution is 0.476. The SMILES string of the molecule is O=[P@]1(Oc2ccccc2)[C@@H](c2ccccc2)C(c2ccccc2)=NN1c1ccccc1. The van der Waals surface area contributed by atoms with Crippen LogP contribution >= 0.6 is 7.52 Å². The van der Waals surface area contributed by atoms with Crippen molar-refractivity contribution >= 4 is 18.9 Å². The van der Waals surface area contributed by atoms with E-state index in [1.54, 1.807) is 4.78 Å². The standard InChI is InChI=1S/C26H21N2O2P/c29-31(30-24-19-11-4-12-20-24)26(22-15-7-2-8-16-22)25(21-13-5-1-6-14-21)27-28(31)23-17-9-3-10-18-23/h1-20,26H/t26-,31-/m0/s1. The van der Waals surface area contributed by atoms with E-state index in [-0.39, 0.29) is 0 Å². The molecule has 152 valence electrons. The molecule has 1 aliphatic rings. The Balaban J connectivity index is 1.72. The van der Waals surface area contributed by atoms with Gasteiger partial charge in [-0.3, -0.25) is 4.57 Å². The Morgan fingerprint density at radius 3 is 1.81 bits per heavy atom. The molecule has 5 heteroatoms. The quantitative estimate of drug-likeness (QED) is 0.326. The summed E-state index contributed by atoms with van der Waals surface area (Å²) < 4.78 is 22.7. The first-order valence-electron chi connectivity index (χ1n) is 10.1. The Hall–Kier alpha value is -3.62. The van der Waals surface area contributed by atoms with Gasteiger partial charge >= 0.3 is 7.52 Å². The highest BCUT2D eigenvalue weighted by atomic mass is 31.2. The average Bonchev–Trinajstić information content (AvgIpc) is 3.14. The predicted octanol–water partition coefficient (Wildman–Crippen LogP) is 6.92. The normalized spacial score (nSPS) is 20.3. The summed E-state index contributed by atoms with van der Waals surface area (Å²) in [5, 5.41) is 4.90. The molecule has 0 unspecified atom stereocenters. The molecule has 0 bridgehead atoms. The summed E-state index contributed by atoms with van der Waals surface area (Å²) in [5.41, 5.74) is 2.76. The van der Waals surface area contributed by atoms with Gasteiger partial charge in [-0.2, -0.15) is 9.88 Å². The van der Waals surface area contributed by atoms with Crippen LogP contribution in [-0.4, -0.2) is 5.71 Å². The zero-order valence-electron chi connectivity index (χ0n) is 16.8. The van der Waals surface area contributed by atoms with E-state index >= 15 is 0 Å². The number of benzene rings is 4. The molecule has 0 aliphatic carbocycles. The summed E-state index contributed by atoms with van der Waals surface area (Å²) in [4.78, 5) is 0. The van der Waals surface area contributed by atoms with E-state index in [1.165, 1.54) is 0 Å². The Morgan fingerprint density at radius 1 is 0.677 bits per heavy atom. The first kappa shape index (κ1) is 19.3.